The standard InChI is InChI=1S/C32H33NO5.C15H17NO/c1-37-32(36)29-20-27(14-17-31(29)38-23-26-10-6-3-7-11-26)30(35)22-33(21-25-8-4-2-5-9-25)19-18-24-12-15-28(34)16-13-24;17-15-8-6-13(7-9-15)10-11-16-12-14-4-2-1-3-5-14/h2-17,20,30,34-35H,18-19,21-23H2,1H3;1-9,16-17H,10-12H2. The van der Waals surface area contributed by atoms with E-state index in [9.17, 15) is 15.0 Å². The van der Waals surface area contributed by atoms with Gasteiger partial charge in [0.1, 0.15) is 29.4 Å². The normalized spacial score (nSPS) is 11.3. The van der Waals surface area contributed by atoms with Gasteiger partial charge in [0.25, 0.3) is 0 Å². The van der Waals surface area contributed by atoms with Crippen molar-refractivity contribution in [1.82, 2.24) is 10.2 Å². The van der Waals surface area contributed by atoms with Crippen LogP contribution in [0.2, 0.25) is 0 Å². The van der Waals surface area contributed by atoms with Gasteiger partial charge in [0.05, 0.1) is 13.2 Å². The van der Waals surface area contributed by atoms with Gasteiger partial charge in [0.2, 0.25) is 0 Å². The van der Waals surface area contributed by atoms with E-state index in [-0.39, 0.29) is 11.3 Å². The van der Waals surface area contributed by atoms with Crippen LogP contribution < -0.4 is 10.1 Å². The fourth-order valence-corrected chi connectivity index (χ4v) is 5.99. The molecule has 8 heteroatoms. The first-order valence-corrected chi connectivity index (χ1v) is 18.5. The summed E-state index contributed by atoms with van der Waals surface area (Å²) in [6.07, 6.45) is 0.914. The van der Waals surface area contributed by atoms with Crippen molar-refractivity contribution in [1.29, 1.82) is 0 Å². The Balaban J connectivity index is 0.000000284. The second-order valence-electron chi connectivity index (χ2n) is 13.3. The molecule has 6 rings (SSSR count). The molecule has 0 spiro atoms. The number of hydrogen-bond donors (Lipinski definition) is 4. The van der Waals surface area contributed by atoms with Crippen molar-refractivity contribution in [2.75, 3.05) is 26.7 Å². The molecule has 1 unspecified atom stereocenters. The van der Waals surface area contributed by atoms with Crippen LogP contribution in [0.3, 0.4) is 0 Å². The summed E-state index contributed by atoms with van der Waals surface area (Å²) < 4.78 is 10.9. The lowest BCUT2D eigenvalue weighted by molar-refractivity contribution is 0.0594. The van der Waals surface area contributed by atoms with E-state index in [4.69, 9.17) is 14.6 Å². The molecular formula is C47H50N2O6. The number of rotatable bonds is 17. The largest absolute Gasteiger partial charge is 0.508 e. The average Bonchev–Trinajstić information content (AvgIpc) is 3.23. The maximum Gasteiger partial charge on any atom is 0.341 e. The molecule has 0 radical (unpaired) electrons. The Kier molecular flexibility index (Phi) is 15.9. The van der Waals surface area contributed by atoms with Crippen molar-refractivity contribution < 1.29 is 29.6 Å². The summed E-state index contributed by atoms with van der Waals surface area (Å²) in [6.45, 7) is 3.90. The minimum atomic E-state index is -0.829. The minimum absolute atomic E-state index is 0.239. The van der Waals surface area contributed by atoms with Gasteiger partial charge in [0.15, 0.2) is 0 Å². The molecule has 0 saturated heterocycles. The summed E-state index contributed by atoms with van der Waals surface area (Å²) in [6, 6.07) is 49.9. The van der Waals surface area contributed by atoms with Gasteiger partial charge >= 0.3 is 5.97 Å². The number of esters is 1. The maximum absolute atomic E-state index is 12.6. The summed E-state index contributed by atoms with van der Waals surface area (Å²) in [5.41, 5.74) is 6.66. The SMILES string of the molecule is COC(=O)c1cc(C(O)CN(CCc2ccc(O)cc2)Cc2ccccc2)ccc1OCc1ccccc1.Oc1ccc(CCNCc2ccccc2)cc1. The Morgan fingerprint density at radius 2 is 1.20 bits per heavy atom. The van der Waals surface area contributed by atoms with Crippen molar-refractivity contribution in [3.8, 4) is 17.2 Å². The number of methoxy groups -OCH3 is 1. The Hall–Kier alpha value is -5.93. The smallest absolute Gasteiger partial charge is 0.341 e. The second kappa shape index (κ2) is 21.7. The molecule has 284 valence electrons. The molecule has 55 heavy (non-hydrogen) atoms. The van der Waals surface area contributed by atoms with Crippen LogP contribution in [0.25, 0.3) is 0 Å². The van der Waals surface area contributed by atoms with E-state index in [1.165, 1.54) is 18.2 Å². The van der Waals surface area contributed by atoms with Crippen LogP contribution in [0, 0.1) is 0 Å². The molecular weight excluding hydrogens is 689 g/mol. The number of aliphatic hydroxyl groups excluding tert-OH is 1. The Bertz CT molecular complexity index is 1990. The number of nitrogens with one attached hydrogen (secondary N) is 1. The monoisotopic (exact) mass is 738 g/mol. The number of benzene rings is 6. The van der Waals surface area contributed by atoms with Crippen molar-refractivity contribution >= 4 is 5.97 Å². The lowest BCUT2D eigenvalue weighted by Crippen LogP contribution is -2.30. The molecule has 4 N–H and O–H groups in total. The van der Waals surface area contributed by atoms with E-state index in [1.54, 1.807) is 42.5 Å². The van der Waals surface area contributed by atoms with Crippen molar-refractivity contribution in [3.05, 3.63) is 197 Å². The molecule has 0 aliphatic carbocycles. The molecule has 0 heterocycles. The summed E-state index contributed by atoms with van der Waals surface area (Å²) in [4.78, 5) is 14.7. The van der Waals surface area contributed by atoms with Crippen molar-refractivity contribution in [2.45, 2.75) is 38.6 Å². The van der Waals surface area contributed by atoms with Gasteiger partial charge < -0.3 is 30.1 Å². The van der Waals surface area contributed by atoms with Crippen LogP contribution >= 0.6 is 0 Å². The Labute approximate surface area is 324 Å². The van der Waals surface area contributed by atoms with Gasteiger partial charge in [-0.2, -0.15) is 0 Å². The molecule has 0 amide bonds. The van der Waals surface area contributed by atoms with Crippen molar-refractivity contribution in [3.63, 3.8) is 0 Å². The van der Waals surface area contributed by atoms with E-state index in [0.29, 0.717) is 43.3 Å². The number of aliphatic hydroxyl groups is 1. The van der Waals surface area contributed by atoms with Crippen LogP contribution in [0.15, 0.2) is 158 Å². The summed E-state index contributed by atoms with van der Waals surface area (Å²) in [7, 11) is 1.33. The average molecular weight is 739 g/mol. The first-order chi connectivity index (χ1) is 26.9. The summed E-state index contributed by atoms with van der Waals surface area (Å²) >= 11 is 0. The van der Waals surface area contributed by atoms with Crippen LogP contribution in [0.1, 0.15) is 49.8 Å². The number of phenolic OH excluding ortho intramolecular Hbond substituents is 2. The highest BCUT2D eigenvalue weighted by Crippen LogP contribution is 2.26. The van der Waals surface area contributed by atoms with E-state index < -0.39 is 12.1 Å². The zero-order valence-corrected chi connectivity index (χ0v) is 31.3. The van der Waals surface area contributed by atoms with Gasteiger partial charge in [0, 0.05) is 26.2 Å². The van der Waals surface area contributed by atoms with Crippen LogP contribution in [-0.2, 0) is 37.3 Å². The first-order valence-electron chi connectivity index (χ1n) is 18.5. The van der Waals surface area contributed by atoms with E-state index >= 15 is 0 Å². The van der Waals surface area contributed by atoms with Gasteiger partial charge in [-0.05, 0) is 89.2 Å². The molecule has 0 aliphatic rings. The fraction of sp³-hybridized carbons (Fsp3) is 0.213. The predicted molar refractivity (Wildman–Crippen MR) is 217 cm³/mol. The highest BCUT2D eigenvalue weighted by atomic mass is 16.5. The molecule has 6 aromatic rings. The minimum Gasteiger partial charge on any atom is -0.508 e. The highest BCUT2D eigenvalue weighted by molar-refractivity contribution is 5.92. The zero-order chi connectivity index (χ0) is 38.7. The number of hydrogen-bond acceptors (Lipinski definition) is 8. The molecule has 8 nitrogen and oxygen atoms in total. The second-order valence-corrected chi connectivity index (χ2v) is 13.3. The van der Waals surface area contributed by atoms with E-state index in [1.807, 2.05) is 78.9 Å². The van der Waals surface area contributed by atoms with Gasteiger partial charge in [-0.3, -0.25) is 4.90 Å². The third-order valence-electron chi connectivity index (χ3n) is 9.06. The summed E-state index contributed by atoms with van der Waals surface area (Å²) in [5, 5.41) is 33.4. The number of phenols is 2. The van der Waals surface area contributed by atoms with Gasteiger partial charge in [-0.25, -0.2) is 4.79 Å². The molecule has 0 fully saturated rings. The lowest BCUT2D eigenvalue weighted by Gasteiger charge is -2.26. The highest BCUT2D eigenvalue weighted by Gasteiger charge is 2.20. The first kappa shape index (κ1) is 40.3. The molecule has 0 aliphatic heterocycles. The Morgan fingerprint density at radius 1 is 0.655 bits per heavy atom. The van der Waals surface area contributed by atoms with Gasteiger partial charge in [-0.15, -0.1) is 0 Å². The predicted octanol–water partition coefficient (Wildman–Crippen LogP) is 8.26. The third-order valence-corrected chi connectivity index (χ3v) is 9.06. The zero-order valence-electron chi connectivity index (χ0n) is 31.3. The van der Waals surface area contributed by atoms with E-state index in [2.05, 4.69) is 46.6 Å². The number of nitrogens with zero attached hydrogens (tertiary/aromatic N) is 1. The topological polar surface area (TPSA) is 111 Å². The fourth-order valence-electron chi connectivity index (χ4n) is 5.99. The van der Waals surface area contributed by atoms with Crippen LogP contribution in [-0.4, -0.2) is 52.9 Å². The summed E-state index contributed by atoms with van der Waals surface area (Å²) in [5.74, 6) is 0.453. The van der Waals surface area contributed by atoms with Crippen LogP contribution in [0.4, 0.5) is 0 Å². The number of carbonyl (C=O) groups excluding carboxylic acids is 1. The quantitative estimate of drug-likeness (QED) is 0.0547. The van der Waals surface area contributed by atoms with Crippen molar-refractivity contribution in [2.24, 2.45) is 0 Å². The van der Waals surface area contributed by atoms with E-state index in [0.717, 1.165) is 42.6 Å². The lowest BCUT2D eigenvalue weighted by atomic mass is 10.0. The molecule has 1 atom stereocenters. The Morgan fingerprint density at radius 3 is 1.78 bits per heavy atom. The maximum atomic E-state index is 12.6. The molecule has 0 aromatic heterocycles. The number of carbonyl (C=O) groups is 1. The molecule has 6 aromatic carbocycles. The van der Waals surface area contributed by atoms with Gasteiger partial charge in [-0.1, -0.05) is 121 Å². The number of aromatic hydroxyl groups is 2. The molecule has 0 saturated carbocycles. The third kappa shape index (κ3) is 13.8. The molecule has 0 bridgehead atoms. The number of ether oxygens (including phenoxy) is 2. The van der Waals surface area contributed by atoms with Crippen LogP contribution in [0.5, 0.6) is 17.2 Å².